The van der Waals surface area contributed by atoms with Crippen LogP contribution in [0.1, 0.15) is 21.5 Å². The smallest absolute Gasteiger partial charge is 0.365 e. The van der Waals surface area contributed by atoms with Crippen molar-refractivity contribution in [2.24, 2.45) is 5.16 Å². The van der Waals surface area contributed by atoms with Crippen LogP contribution < -0.4 is 4.74 Å². The van der Waals surface area contributed by atoms with Crippen LogP contribution >= 0.6 is 11.8 Å². The molecule has 0 saturated heterocycles. The van der Waals surface area contributed by atoms with Crippen molar-refractivity contribution in [2.45, 2.75) is 16.8 Å². The van der Waals surface area contributed by atoms with E-state index in [2.05, 4.69) is 41.3 Å². The summed E-state index contributed by atoms with van der Waals surface area (Å²) in [6.45, 7) is 2.06. The number of ether oxygens (including phenoxy) is 1. The average molecular weight is 378 g/mol. The van der Waals surface area contributed by atoms with Gasteiger partial charge in [-0.15, -0.1) is 0 Å². The lowest BCUT2D eigenvalue weighted by Gasteiger charge is -2.02. The van der Waals surface area contributed by atoms with Crippen molar-refractivity contribution in [1.82, 2.24) is 4.98 Å². The van der Waals surface area contributed by atoms with E-state index in [9.17, 15) is 4.79 Å². The molecule has 0 amide bonds. The summed E-state index contributed by atoms with van der Waals surface area (Å²) in [5.74, 6) is 0.0314. The fourth-order valence-electron chi connectivity index (χ4n) is 2.19. The molecule has 0 spiro atoms. The molecule has 3 rings (SSSR count). The topological polar surface area (TPSA) is 60.8 Å². The summed E-state index contributed by atoms with van der Waals surface area (Å²) in [5, 5.41) is 4.61. The maximum atomic E-state index is 12.0. The highest BCUT2D eigenvalue weighted by atomic mass is 32.2. The van der Waals surface area contributed by atoms with Gasteiger partial charge in [0, 0.05) is 16.7 Å². The van der Waals surface area contributed by atoms with E-state index in [4.69, 9.17) is 9.57 Å². The maximum Gasteiger partial charge on any atom is 0.365 e. The molecule has 0 N–H and O–H groups in total. The minimum absolute atomic E-state index is 0.370. The van der Waals surface area contributed by atoms with Gasteiger partial charge >= 0.3 is 5.97 Å². The van der Waals surface area contributed by atoms with Gasteiger partial charge in [-0.25, -0.2) is 9.78 Å². The predicted octanol–water partition coefficient (Wildman–Crippen LogP) is 4.74. The lowest BCUT2D eigenvalue weighted by molar-refractivity contribution is 0.0519. The zero-order chi connectivity index (χ0) is 19.1. The van der Waals surface area contributed by atoms with Crippen LogP contribution in [-0.4, -0.2) is 24.3 Å². The molecule has 0 aliphatic heterocycles. The van der Waals surface area contributed by atoms with Gasteiger partial charge < -0.3 is 9.57 Å². The number of pyridine rings is 1. The van der Waals surface area contributed by atoms with E-state index in [1.165, 1.54) is 18.9 Å². The van der Waals surface area contributed by atoms with Crippen molar-refractivity contribution in [3.05, 3.63) is 83.6 Å². The van der Waals surface area contributed by atoms with Gasteiger partial charge in [0.1, 0.15) is 10.8 Å². The third kappa shape index (κ3) is 5.43. The highest BCUT2D eigenvalue weighted by Crippen LogP contribution is 2.25. The number of aryl methyl sites for hydroxylation is 1. The monoisotopic (exact) mass is 378 g/mol. The van der Waals surface area contributed by atoms with E-state index in [0.717, 1.165) is 15.5 Å². The summed E-state index contributed by atoms with van der Waals surface area (Å²) < 4.78 is 5.08. The van der Waals surface area contributed by atoms with Crippen LogP contribution in [-0.2, 0) is 4.84 Å². The molecule has 5 nitrogen and oxygen atoms in total. The Kier molecular flexibility index (Phi) is 6.22. The van der Waals surface area contributed by atoms with Crippen LogP contribution in [0.3, 0.4) is 0 Å². The van der Waals surface area contributed by atoms with Crippen LogP contribution in [0, 0.1) is 6.92 Å². The molecule has 0 radical (unpaired) electrons. The van der Waals surface area contributed by atoms with Crippen LogP contribution in [0.5, 0.6) is 5.75 Å². The van der Waals surface area contributed by atoms with Crippen LogP contribution in [0.4, 0.5) is 0 Å². The Balaban J connectivity index is 1.57. The first-order valence-electron chi connectivity index (χ1n) is 8.23. The van der Waals surface area contributed by atoms with Crippen LogP contribution in [0.15, 0.2) is 81.9 Å². The lowest BCUT2D eigenvalue weighted by atomic mass is 10.2. The lowest BCUT2D eigenvalue weighted by Crippen LogP contribution is -2.01. The van der Waals surface area contributed by atoms with Gasteiger partial charge in [0.05, 0.1) is 18.9 Å². The third-order valence-corrected chi connectivity index (χ3v) is 4.60. The first-order valence-corrected chi connectivity index (χ1v) is 9.05. The molecule has 1 heterocycles. The Morgan fingerprint density at radius 2 is 1.93 bits per heavy atom. The number of rotatable bonds is 6. The Morgan fingerprint density at radius 3 is 2.63 bits per heavy atom. The Labute approximate surface area is 162 Å². The molecule has 0 fully saturated rings. The molecule has 0 saturated carbocycles. The molecule has 0 unspecified atom stereocenters. The number of methoxy groups -OCH3 is 1. The van der Waals surface area contributed by atoms with Crippen molar-refractivity contribution >= 4 is 23.9 Å². The average Bonchev–Trinajstić information content (AvgIpc) is 2.71. The number of benzene rings is 2. The molecule has 136 valence electrons. The number of aromatic nitrogens is 1. The van der Waals surface area contributed by atoms with Crippen molar-refractivity contribution < 1.29 is 14.4 Å². The van der Waals surface area contributed by atoms with E-state index < -0.39 is 5.97 Å². The van der Waals surface area contributed by atoms with E-state index >= 15 is 0 Å². The van der Waals surface area contributed by atoms with Crippen molar-refractivity contribution in [3.63, 3.8) is 0 Å². The summed E-state index contributed by atoms with van der Waals surface area (Å²) in [7, 11) is 1.54. The number of hydrogen-bond acceptors (Lipinski definition) is 6. The molecule has 1 aromatic heterocycles. The second-order valence-electron chi connectivity index (χ2n) is 5.69. The van der Waals surface area contributed by atoms with E-state index in [1.807, 2.05) is 12.1 Å². The summed E-state index contributed by atoms with van der Waals surface area (Å²) in [5.41, 5.74) is 2.33. The minimum atomic E-state index is -0.551. The minimum Gasteiger partial charge on any atom is -0.497 e. The van der Waals surface area contributed by atoms with E-state index in [1.54, 1.807) is 42.2 Å². The van der Waals surface area contributed by atoms with Gasteiger partial charge in [-0.1, -0.05) is 40.7 Å². The standard InChI is InChI=1S/C21H18N2O3S/c1-15-6-9-19(10-7-15)27-20-11-8-16(13-22-20)14-23-26-21(24)17-4-3-5-18(12-17)25-2/h3-14H,1-2H3/b23-14+. The molecular weight excluding hydrogens is 360 g/mol. The highest BCUT2D eigenvalue weighted by molar-refractivity contribution is 7.99. The molecule has 2 aromatic carbocycles. The first kappa shape index (κ1) is 18.7. The molecule has 3 aromatic rings. The summed E-state index contributed by atoms with van der Waals surface area (Å²) in [4.78, 5) is 22.4. The molecule has 0 atom stereocenters. The molecule has 0 bridgehead atoms. The Hall–Kier alpha value is -3.12. The van der Waals surface area contributed by atoms with Crippen LogP contribution in [0.2, 0.25) is 0 Å². The van der Waals surface area contributed by atoms with Gasteiger partial charge in [0.15, 0.2) is 0 Å². The summed E-state index contributed by atoms with van der Waals surface area (Å²) in [6.07, 6.45) is 3.13. The van der Waals surface area contributed by atoms with Gasteiger partial charge in [0.2, 0.25) is 0 Å². The largest absolute Gasteiger partial charge is 0.497 e. The highest BCUT2D eigenvalue weighted by Gasteiger charge is 2.07. The number of oxime groups is 1. The summed E-state index contributed by atoms with van der Waals surface area (Å²) >= 11 is 1.58. The van der Waals surface area contributed by atoms with Gasteiger partial charge in [-0.3, -0.25) is 0 Å². The number of nitrogens with zero attached hydrogens (tertiary/aromatic N) is 2. The van der Waals surface area contributed by atoms with Crippen molar-refractivity contribution in [1.29, 1.82) is 0 Å². The Bertz CT molecular complexity index is 938. The SMILES string of the molecule is COc1cccc(C(=O)O/N=C/c2ccc(Sc3ccc(C)cc3)nc2)c1. The van der Waals surface area contributed by atoms with E-state index in [0.29, 0.717) is 11.3 Å². The van der Waals surface area contributed by atoms with Gasteiger partial charge in [-0.2, -0.15) is 0 Å². The second-order valence-corrected chi connectivity index (χ2v) is 6.78. The normalized spacial score (nSPS) is 10.7. The first-order chi connectivity index (χ1) is 13.1. The number of carbonyl (C=O) groups is 1. The zero-order valence-electron chi connectivity index (χ0n) is 15.0. The van der Waals surface area contributed by atoms with Crippen molar-refractivity contribution in [2.75, 3.05) is 7.11 Å². The predicted molar refractivity (Wildman–Crippen MR) is 106 cm³/mol. The Morgan fingerprint density at radius 1 is 1.11 bits per heavy atom. The molecule has 6 heteroatoms. The number of carbonyl (C=O) groups excluding carboxylic acids is 1. The third-order valence-electron chi connectivity index (χ3n) is 3.65. The second kappa shape index (κ2) is 9.00. The number of hydrogen-bond donors (Lipinski definition) is 0. The quantitative estimate of drug-likeness (QED) is 0.352. The molecule has 0 aliphatic carbocycles. The van der Waals surface area contributed by atoms with Gasteiger partial charge in [0.25, 0.3) is 0 Å². The summed E-state index contributed by atoms with van der Waals surface area (Å²) in [6, 6.07) is 18.7. The fraction of sp³-hybridized carbons (Fsp3) is 0.0952. The molecular formula is C21H18N2O3S. The molecule has 0 aliphatic rings. The molecule has 27 heavy (non-hydrogen) atoms. The fourth-order valence-corrected chi connectivity index (χ4v) is 2.95. The zero-order valence-corrected chi connectivity index (χ0v) is 15.8. The van der Waals surface area contributed by atoms with Gasteiger partial charge in [-0.05, 0) is 49.4 Å². The van der Waals surface area contributed by atoms with Crippen LogP contribution in [0.25, 0.3) is 0 Å². The van der Waals surface area contributed by atoms with E-state index in [-0.39, 0.29) is 0 Å². The maximum absolute atomic E-state index is 12.0. The van der Waals surface area contributed by atoms with Crippen molar-refractivity contribution in [3.8, 4) is 5.75 Å².